The Labute approximate surface area is 144 Å². The first-order valence-electron chi connectivity index (χ1n) is 7.55. The molecule has 1 aliphatic heterocycles. The number of fused-ring (bicyclic) bond motifs is 1. The molecule has 128 valence electrons. The van der Waals surface area contributed by atoms with Gasteiger partial charge in [-0.05, 0) is 43.5 Å². The number of nitrogens with zero attached hydrogens (tertiary/aromatic N) is 3. The van der Waals surface area contributed by atoms with Crippen LogP contribution >= 0.6 is 11.3 Å². The summed E-state index contributed by atoms with van der Waals surface area (Å²) in [6.45, 7) is 3.83. The lowest BCUT2D eigenvalue weighted by molar-refractivity contribution is 0.102. The summed E-state index contributed by atoms with van der Waals surface area (Å²) in [5, 5.41) is 11.9. The third-order valence-electron chi connectivity index (χ3n) is 3.84. The van der Waals surface area contributed by atoms with Crippen molar-refractivity contribution in [2.24, 2.45) is 0 Å². The van der Waals surface area contributed by atoms with E-state index in [0.717, 1.165) is 17.0 Å². The summed E-state index contributed by atoms with van der Waals surface area (Å²) in [7, 11) is -3.33. The smallest absolute Gasteiger partial charge is 0.257 e. The molecule has 1 aliphatic rings. The first-order chi connectivity index (χ1) is 11.3. The van der Waals surface area contributed by atoms with Crippen LogP contribution in [0.3, 0.4) is 0 Å². The Kier molecular flexibility index (Phi) is 4.31. The average molecular weight is 366 g/mol. The predicted octanol–water partition coefficient (Wildman–Crippen LogP) is 2.06. The number of carbonyl (C=O) groups is 1. The summed E-state index contributed by atoms with van der Waals surface area (Å²) in [5.41, 5.74) is 1.97. The van der Waals surface area contributed by atoms with Crippen LogP contribution in [-0.2, 0) is 22.9 Å². The lowest BCUT2D eigenvalue weighted by Crippen LogP contribution is -2.34. The lowest BCUT2D eigenvalue weighted by Gasteiger charge is -2.21. The van der Waals surface area contributed by atoms with E-state index in [9.17, 15) is 13.2 Å². The molecule has 7 nitrogen and oxygen atoms in total. The van der Waals surface area contributed by atoms with Crippen LogP contribution < -0.4 is 9.62 Å². The van der Waals surface area contributed by atoms with Crippen molar-refractivity contribution in [2.75, 3.05) is 15.9 Å². The number of carbonyl (C=O) groups excluding carboxylic acids is 1. The second-order valence-corrected chi connectivity index (χ2v) is 8.69. The van der Waals surface area contributed by atoms with E-state index in [4.69, 9.17) is 0 Å². The van der Waals surface area contributed by atoms with Gasteiger partial charge in [0.1, 0.15) is 5.01 Å². The zero-order valence-corrected chi connectivity index (χ0v) is 15.2. The number of hydrogen-bond donors (Lipinski definition) is 1. The molecule has 1 aromatic carbocycles. The zero-order valence-electron chi connectivity index (χ0n) is 13.6. The molecule has 2 heterocycles. The van der Waals surface area contributed by atoms with E-state index in [-0.39, 0.29) is 11.9 Å². The number of benzene rings is 1. The van der Waals surface area contributed by atoms with Crippen molar-refractivity contribution in [3.8, 4) is 0 Å². The van der Waals surface area contributed by atoms with Gasteiger partial charge in [-0.15, -0.1) is 10.2 Å². The Morgan fingerprint density at radius 2 is 2.17 bits per heavy atom. The molecule has 24 heavy (non-hydrogen) atoms. The molecule has 9 heteroatoms. The maximum atomic E-state index is 12.4. The number of rotatable bonds is 4. The van der Waals surface area contributed by atoms with Gasteiger partial charge in [-0.2, -0.15) is 0 Å². The minimum absolute atomic E-state index is 0.149. The van der Waals surface area contributed by atoms with Crippen LogP contribution in [0.25, 0.3) is 0 Å². The van der Waals surface area contributed by atoms with Crippen LogP contribution in [0.1, 0.15) is 34.8 Å². The minimum atomic E-state index is -3.33. The Morgan fingerprint density at radius 1 is 1.42 bits per heavy atom. The topological polar surface area (TPSA) is 92.3 Å². The van der Waals surface area contributed by atoms with Crippen LogP contribution in [-0.4, -0.2) is 36.8 Å². The number of nitrogens with one attached hydrogen (secondary N) is 1. The van der Waals surface area contributed by atoms with Crippen LogP contribution in [0.5, 0.6) is 0 Å². The van der Waals surface area contributed by atoms with E-state index < -0.39 is 10.0 Å². The van der Waals surface area contributed by atoms with Crippen LogP contribution in [0.2, 0.25) is 0 Å². The predicted molar refractivity (Wildman–Crippen MR) is 94.2 cm³/mol. The van der Waals surface area contributed by atoms with Crippen molar-refractivity contribution in [3.63, 3.8) is 0 Å². The van der Waals surface area contributed by atoms with Crippen molar-refractivity contribution in [1.82, 2.24) is 10.2 Å². The highest BCUT2D eigenvalue weighted by Gasteiger charge is 2.32. The van der Waals surface area contributed by atoms with Gasteiger partial charge in [0.15, 0.2) is 0 Å². The van der Waals surface area contributed by atoms with Gasteiger partial charge in [0.05, 0.1) is 11.9 Å². The van der Waals surface area contributed by atoms with Crippen LogP contribution in [0.15, 0.2) is 18.2 Å². The fraction of sp³-hybridized carbons (Fsp3) is 0.400. The van der Waals surface area contributed by atoms with E-state index in [0.29, 0.717) is 22.8 Å². The second kappa shape index (κ2) is 6.14. The highest BCUT2D eigenvalue weighted by atomic mass is 32.2. The molecule has 1 N–H and O–H groups in total. The molecule has 2 aromatic rings. The molecular formula is C15H18N4O3S2. The van der Waals surface area contributed by atoms with Crippen molar-refractivity contribution in [2.45, 2.75) is 32.7 Å². The summed E-state index contributed by atoms with van der Waals surface area (Å²) in [6, 6.07) is 4.91. The van der Waals surface area contributed by atoms with Gasteiger partial charge in [-0.1, -0.05) is 18.3 Å². The fourth-order valence-electron chi connectivity index (χ4n) is 2.87. The van der Waals surface area contributed by atoms with E-state index >= 15 is 0 Å². The summed E-state index contributed by atoms with van der Waals surface area (Å²) >= 11 is 1.34. The number of hydrogen-bond acceptors (Lipinski definition) is 6. The normalized spacial score (nSPS) is 17.0. The molecule has 0 aliphatic carbocycles. The van der Waals surface area contributed by atoms with Crippen molar-refractivity contribution in [1.29, 1.82) is 0 Å². The highest BCUT2D eigenvalue weighted by molar-refractivity contribution is 7.92. The van der Waals surface area contributed by atoms with E-state index in [2.05, 4.69) is 15.5 Å². The van der Waals surface area contributed by atoms with Gasteiger partial charge in [-0.25, -0.2) is 8.42 Å². The summed E-state index contributed by atoms with van der Waals surface area (Å²) in [4.78, 5) is 12.4. The SMILES string of the molecule is CCc1nnc(NC(=O)c2ccc3c(c2)C[C@@H](C)N3S(C)(=O)=O)s1. The first kappa shape index (κ1) is 16.8. The molecule has 1 amide bonds. The molecule has 0 bridgehead atoms. The largest absolute Gasteiger partial charge is 0.296 e. The summed E-state index contributed by atoms with van der Waals surface area (Å²) in [5.74, 6) is -0.276. The highest BCUT2D eigenvalue weighted by Crippen LogP contribution is 2.34. The Bertz CT molecular complexity index is 892. The number of amides is 1. The van der Waals surface area contributed by atoms with E-state index in [1.165, 1.54) is 21.9 Å². The van der Waals surface area contributed by atoms with Crippen LogP contribution in [0.4, 0.5) is 10.8 Å². The van der Waals surface area contributed by atoms with Gasteiger partial charge in [0, 0.05) is 11.6 Å². The summed E-state index contributed by atoms with van der Waals surface area (Å²) in [6.07, 6.45) is 2.55. The Balaban J connectivity index is 1.84. The fourth-order valence-corrected chi connectivity index (χ4v) is 4.80. The first-order valence-corrected chi connectivity index (χ1v) is 10.2. The third-order valence-corrected chi connectivity index (χ3v) is 6.10. The molecule has 1 aromatic heterocycles. The van der Waals surface area contributed by atoms with Gasteiger partial charge in [0.2, 0.25) is 15.2 Å². The van der Waals surface area contributed by atoms with Gasteiger partial charge in [-0.3, -0.25) is 14.4 Å². The molecular weight excluding hydrogens is 348 g/mol. The quantitative estimate of drug-likeness (QED) is 0.894. The van der Waals surface area contributed by atoms with E-state index in [1.807, 2.05) is 13.8 Å². The molecule has 0 unspecified atom stereocenters. The number of sulfonamides is 1. The van der Waals surface area contributed by atoms with Crippen LogP contribution in [0, 0.1) is 0 Å². The molecule has 0 saturated carbocycles. The molecule has 0 fully saturated rings. The van der Waals surface area contributed by atoms with Gasteiger partial charge in [0.25, 0.3) is 5.91 Å². The van der Waals surface area contributed by atoms with E-state index in [1.54, 1.807) is 18.2 Å². The maximum absolute atomic E-state index is 12.4. The van der Waals surface area contributed by atoms with Crippen molar-refractivity contribution in [3.05, 3.63) is 34.3 Å². The number of aromatic nitrogens is 2. The second-order valence-electron chi connectivity index (χ2n) is 5.76. The minimum Gasteiger partial charge on any atom is -0.296 e. The summed E-state index contributed by atoms with van der Waals surface area (Å²) < 4.78 is 25.3. The van der Waals surface area contributed by atoms with Crippen molar-refractivity contribution >= 4 is 38.1 Å². The molecule has 0 saturated heterocycles. The number of aryl methyl sites for hydroxylation is 1. The standard InChI is InChI=1S/C15H18N4O3S2/c1-4-13-17-18-15(23-13)16-14(20)10-5-6-12-11(8-10)7-9(2)19(12)24(3,21)22/h5-6,8-9H,4,7H2,1-3H3,(H,16,18,20)/t9-/m1/s1. The van der Waals surface area contributed by atoms with Gasteiger partial charge < -0.3 is 0 Å². The average Bonchev–Trinajstić information content (AvgIpc) is 3.08. The molecule has 0 radical (unpaired) electrons. The molecule has 1 atom stereocenters. The van der Waals surface area contributed by atoms with Crippen molar-refractivity contribution < 1.29 is 13.2 Å². The zero-order chi connectivity index (χ0) is 17.5. The Hall–Kier alpha value is -2.00. The lowest BCUT2D eigenvalue weighted by atomic mass is 10.1. The molecule has 0 spiro atoms. The maximum Gasteiger partial charge on any atom is 0.257 e. The Morgan fingerprint density at radius 3 is 2.79 bits per heavy atom. The van der Waals surface area contributed by atoms with Gasteiger partial charge >= 0.3 is 0 Å². The molecule has 3 rings (SSSR count). The number of anilines is 2. The third kappa shape index (κ3) is 3.13. The monoisotopic (exact) mass is 366 g/mol.